The molecule has 6 amide bonds. The highest BCUT2D eigenvalue weighted by atomic mass is 16.2. The minimum absolute atomic E-state index is 0.0222. The van der Waals surface area contributed by atoms with Crippen LogP contribution < -0.4 is 83.5 Å². The minimum Gasteiger partial charge on any atom is -0.370 e. The van der Waals surface area contributed by atoms with Crippen LogP contribution in [0.1, 0.15) is 98.8 Å². The van der Waals surface area contributed by atoms with Crippen molar-refractivity contribution < 1.29 is 28.8 Å². The fraction of sp³-hybridized carbons (Fsp3) is 0.778. The van der Waals surface area contributed by atoms with Gasteiger partial charge in [0.25, 0.3) is 0 Å². The number of amides is 6. The average Bonchev–Trinajstić information content (AvgIpc) is 3.21. The summed E-state index contributed by atoms with van der Waals surface area (Å²) in [4.78, 5) is 81.4. The minimum atomic E-state index is -1.05. The zero-order valence-corrected chi connectivity index (χ0v) is 36.7. The van der Waals surface area contributed by atoms with E-state index in [-0.39, 0.29) is 44.4 Å². The number of aliphatic imine (C=N–C) groups is 2. The van der Waals surface area contributed by atoms with E-state index in [1.165, 1.54) is 0 Å². The molecule has 0 rings (SSSR count). The fourth-order valence-electron chi connectivity index (χ4n) is 3.86. The van der Waals surface area contributed by atoms with Crippen molar-refractivity contribution in [2.75, 3.05) is 66.0 Å². The molecule has 0 aromatic rings. The highest BCUT2D eigenvalue weighted by Crippen LogP contribution is 2.01. The van der Waals surface area contributed by atoms with Crippen LogP contribution >= 0.6 is 0 Å². The first-order valence-corrected chi connectivity index (χ1v) is 20.3. The molecule has 0 aromatic carbocycles. The first kappa shape index (κ1) is 63.3. The number of guanidine groups is 2. The van der Waals surface area contributed by atoms with Crippen molar-refractivity contribution in [3.05, 3.63) is 0 Å². The molecule has 0 aliphatic carbocycles. The van der Waals surface area contributed by atoms with Gasteiger partial charge in [-0.05, 0) is 97.4 Å². The number of carbonyl (C=O) groups is 6. The third-order valence-corrected chi connectivity index (χ3v) is 6.85. The maximum Gasteiger partial charge on any atom is 0.243 e. The third kappa shape index (κ3) is 47.4. The van der Waals surface area contributed by atoms with E-state index in [1.807, 2.05) is 20.8 Å². The molecule has 0 unspecified atom stereocenters. The van der Waals surface area contributed by atoms with Gasteiger partial charge in [0.15, 0.2) is 11.9 Å². The van der Waals surface area contributed by atoms with Crippen molar-refractivity contribution in [1.29, 1.82) is 0 Å². The van der Waals surface area contributed by atoms with Crippen LogP contribution in [0.4, 0.5) is 0 Å². The van der Waals surface area contributed by atoms with E-state index in [4.69, 9.17) is 51.6 Å². The Hall–Kier alpha value is -4.84. The normalized spacial score (nSPS) is 11.1. The summed E-state index contributed by atoms with van der Waals surface area (Å²) in [7, 11) is 1.57. The Morgan fingerprint density at radius 1 is 0.492 bits per heavy atom. The third-order valence-electron chi connectivity index (χ3n) is 6.85. The van der Waals surface area contributed by atoms with Gasteiger partial charge in [-0.15, -0.1) is 0 Å². The molecule has 3 atom stereocenters. The lowest BCUT2D eigenvalue weighted by atomic mass is 10.1. The molecule has 0 aliphatic heterocycles. The monoisotopic (exact) mass is 850 g/mol. The van der Waals surface area contributed by atoms with Gasteiger partial charge in [-0.1, -0.05) is 34.6 Å². The molecule has 348 valence electrons. The number of nitrogens with two attached hydrogens (primary N) is 9. The van der Waals surface area contributed by atoms with E-state index in [0.29, 0.717) is 38.6 Å². The van der Waals surface area contributed by atoms with Crippen molar-refractivity contribution in [3.63, 3.8) is 0 Å². The lowest BCUT2D eigenvalue weighted by molar-refractivity contribution is -0.132. The number of likely N-dealkylation sites (N-methyl/N-ethyl adjacent to an activating group) is 1. The van der Waals surface area contributed by atoms with Gasteiger partial charge in [-0.2, -0.15) is 0 Å². The zero-order chi connectivity index (χ0) is 46.4. The van der Waals surface area contributed by atoms with Crippen LogP contribution in [0, 0.1) is 0 Å². The molecule has 0 aromatic heterocycles. The largest absolute Gasteiger partial charge is 0.370 e. The van der Waals surface area contributed by atoms with Crippen molar-refractivity contribution in [3.8, 4) is 0 Å². The number of carbonyl (C=O) groups excluding carboxylic acids is 6. The van der Waals surface area contributed by atoms with Gasteiger partial charge in [0.2, 0.25) is 35.4 Å². The number of hydrogen-bond acceptors (Lipinski definition) is 13. The van der Waals surface area contributed by atoms with E-state index in [1.54, 1.807) is 7.05 Å². The highest BCUT2D eigenvalue weighted by molar-refractivity contribution is 5.94. The SMILES string of the molecule is CC.CCCN.CCCN.CCCN=C(N)N.CNCC(=O)N[C@H](CCCN=C(N)N)C(=O)NCC(=O)N[C@H](CCCN)C(=O)NCC(=O)N[C@H](CCCCN)C(N)=O. The maximum absolute atomic E-state index is 12.7. The summed E-state index contributed by atoms with van der Waals surface area (Å²) >= 11 is 0. The molecule has 0 saturated heterocycles. The molecular formula is C36H83N17O6. The van der Waals surface area contributed by atoms with Crippen LogP contribution in [0.25, 0.3) is 0 Å². The number of nitrogens with zero attached hydrogens (tertiary/aromatic N) is 2. The number of nitrogens with one attached hydrogen (secondary N) is 6. The van der Waals surface area contributed by atoms with Crippen molar-refractivity contribution in [1.82, 2.24) is 31.9 Å². The van der Waals surface area contributed by atoms with Crippen LogP contribution in [-0.2, 0) is 28.8 Å². The molecule has 0 aliphatic rings. The second kappa shape index (κ2) is 47.5. The summed E-state index contributed by atoms with van der Waals surface area (Å²) in [5.41, 5.74) is 47.0. The van der Waals surface area contributed by atoms with Gasteiger partial charge in [-0.25, -0.2) is 0 Å². The number of unbranched alkanes of at least 4 members (excludes halogenated alkanes) is 1. The predicted octanol–water partition coefficient (Wildman–Crippen LogP) is -4.29. The number of rotatable bonds is 27. The summed E-state index contributed by atoms with van der Waals surface area (Å²) < 4.78 is 0. The molecule has 24 N–H and O–H groups in total. The molecule has 0 saturated carbocycles. The maximum atomic E-state index is 12.7. The molecule has 59 heavy (non-hydrogen) atoms. The molecule has 23 heteroatoms. The quantitative estimate of drug-likeness (QED) is 0.0211. The summed E-state index contributed by atoms with van der Waals surface area (Å²) in [5, 5.41) is 15.1. The molecule has 0 fully saturated rings. The van der Waals surface area contributed by atoms with Crippen LogP contribution in [0.3, 0.4) is 0 Å². The molecule has 0 radical (unpaired) electrons. The summed E-state index contributed by atoms with van der Waals surface area (Å²) in [5.74, 6) is -3.65. The lowest BCUT2D eigenvalue weighted by Gasteiger charge is -2.21. The number of primary amides is 1. The van der Waals surface area contributed by atoms with E-state index in [2.05, 4.69) is 55.7 Å². The van der Waals surface area contributed by atoms with Crippen LogP contribution in [0.15, 0.2) is 9.98 Å². The molecule has 0 heterocycles. The summed E-state index contributed by atoms with van der Waals surface area (Å²) in [6.45, 7) is 12.5. The second-order valence-electron chi connectivity index (χ2n) is 12.3. The van der Waals surface area contributed by atoms with Crippen molar-refractivity contribution in [2.24, 2.45) is 61.6 Å². The second-order valence-corrected chi connectivity index (χ2v) is 12.3. The van der Waals surface area contributed by atoms with E-state index < -0.39 is 66.7 Å². The Labute approximate surface area is 352 Å². The van der Waals surface area contributed by atoms with Gasteiger partial charge < -0.3 is 83.5 Å². The summed E-state index contributed by atoms with van der Waals surface area (Å²) in [6.07, 6.45) is 5.88. The van der Waals surface area contributed by atoms with Gasteiger partial charge in [-0.3, -0.25) is 38.8 Å². The summed E-state index contributed by atoms with van der Waals surface area (Å²) in [6, 6.07) is -2.91. The van der Waals surface area contributed by atoms with Gasteiger partial charge in [0.1, 0.15) is 18.1 Å². The van der Waals surface area contributed by atoms with E-state index in [9.17, 15) is 28.8 Å². The number of hydrogen-bond donors (Lipinski definition) is 15. The van der Waals surface area contributed by atoms with Crippen LogP contribution in [-0.4, -0.2) is 131 Å². The standard InChI is InChI=1S/C24H48N12O6.C4H11N3.2C3H9N.C2H6/c1-30-12-18(37)35-17(8-5-11-31-24(28)29)23(42)33-14-20(39)36-16(7-4-10-26)22(41)32-13-19(38)34-15(21(27)40)6-2-3-9-25;1-2-3-7-4(5)6;2*1-2-3-4;1-2/h15-17,30H,2-14,25-26H2,1H3,(H2,27,40)(H,32,41)(H,33,42)(H,34,38)(H,35,37)(H,36,39)(H4,28,29,31);2-3H2,1H3,(H4,5,6,7);2*2-4H2,1H3;1-2H3/t15-,16-,17-;;;;/m1..../s1. The molecule has 23 nitrogen and oxygen atoms in total. The highest BCUT2D eigenvalue weighted by Gasteiger charge is 2.24. The molecule has 0 bridgehead atoms. The first-order chi connectivity index (χ1) is 28.0. The van der Waals surface area contributed by atoms with Crippen LogP contribution in [0.5, 0.6) is 0 Å². The Morgan fingerprint density at radius 2 is 0.864 bits per heavy atom. The molecule has 0 spiro atoms. The fourth-order valence-corrected chi connectivity index (χ4v) is 3.86. The average molecular weight is 850 g/mol. The lowest BCUT2D eigenvalue weighted by Crippen LogP contribution is -2.54. The predicted molar refractivity (Wildman–Crippen MR) is 237 cm³/mol. The Kier molecular flexibility index (Phi) is 51.0. The first-order valence-electron chi connectivity index (χ1n) is 20.3. The molecular weight excluding hydrogens is 767 g/mol. The van der Waals surface area contributed by atoms with Gasteiger partial charge in [0.05, 0.1) is 19.6 Å². The van der Waals surface area contributed by atoms with Gasteiger partial charge in [0, 0.05) is 13.1 Å². The Morgan fingerprint density at radius 3 is 1.20 bits per heavy atom. The van der Waals surface area contributed by atoms with E-state index in [0.717, 1.165) is 38.9 Å². The Balaban J connectivity index is -0.000000478. The topological polar surface area (TPSA) is 433 Å². The zero-order valence-electron chi connectivity index (χ0n) is 36.7. The smallest absolute Gasteiger partial charge is 0.243 e. The van der Waals surface area contributed by atoms with Crippen molar-refractivity contribution >= 4 is 47.4 Å². The Bertz CT molecular complexity index is 1130. The van der Waals surface area contributed by atoms with E-state index >= 15 is 0 Å². The van der Waals surface area contributed by atoms with Gasteiger partial charge >= 0.3 is 0 Å². The van der Waals surface area contributed by atoms with Crippen LogP contribution in [0.2, 0.25) is 0 Å². The van der Waals surface area contributed by atoms with Crippen molar-refractivity contribution in [2.45, 2.75) is 117 Å².